The van der Waals surface area contributed by atoms with Gasteiger partial charge in [-0.3, -0.25) is 10.2 Å². The molecule has 0 atom stereocenters. The summed E-state index contributed by atoms with van der Waals surface area (Å²) in [5.41, 5.74) is 6.48. The first-order valence-corrected chi connectivity index (χ1v) is 10.9. The van der Waals surface area contributed by atoms with Crippen molar-refractivity contribution < 1.29 is 13.9 Å². The summed E-state index contributed by atoms with van der Waals surface area (Å²) in [5, 5.41) is 1.86. The van der Waals surface area contributed by atoms with Gasteiger partial charge < -0.3 is 4.74 Å². The van der Waals surface area contributed by atoms with Gasteiger partial charge in [0.1, 0.15) is 5.82 Å². The molecule has 0 unspecified atom stereocenters. The lowest BCUT2D eigenvalue weighted by Gasteiger charge is -2.27. The Hall–Kier alpha value is -3.00. The van der Waals surface area contributed by atoms with E-state index in [1.807, 2.05) is 47.5 Å². The van der Waals surface area contributed by atoms with Crippen LogP contribution in [0.1, 0.15) is 21.5 Å². The van der Waals surface area contributed by atoms with E-state index in [2.05, 4.69) is 5.43 Å². The maximum Gasteiger partial charge on any atom is 0.265 e. The highest BCUT2D eigenvalue weighted by atomic mass is 32.2. The van der Waals surface area contributed by atoms with Gasteiger partial charge in [-0.15, -0.1) is 0 Å². The molecule has 1 saturated heterocycles. The molecule has 5 nitrogen and oxygen atoms in total. The topological polar surface area (TPSA) is 53.9 Å². The summed E-state index contributed by atoms with van der Waals surface area (Å²) in [4.78, 5) is 19.7. The van der Waals surface area contributed by atoms with Gasteiger partial charge in [-0.2, -0.15) is 0 Å². The number of nitrogens with one attached hydrogen (secondary N) is 1. The zero-order valence-electron chi connectivity index (χ0n) is 16.7. The zero-order valence-corrected chi connectivity index (χ0v) is 17.5. The van der Waals surface area contributed by atoms with Gasteiger partial charge in [-0.25, -0.2) is 14.4 Å². The SMILES string of the molecule is O=C(NN1CCOCC1)c1ccc2c(c1)N=C(c1cccc(F)c1)c1ccccc1S2. The molecule has 5 rings (SSSR count). The monoisotopic (exact) mass is 433 g/mol. The fourth-order valence-corrected chi connectivity index (χ4v) is 4.63. The maximum absolute atomic E-state index is 14.0. The molecular formula is C24H20FN3O2S. The van der Waals surface area contributed by atoms with Crippen molar-refractivity contribution in [3.63, 3.8) is 0 Å². The first-order valence-electron chi connectivity index (χ1n) is 10.1. The van der Waals surface area contributed by atoms with Crippen molar-refractivity contribution in [1.82, 2.24) is 10.4 Å². The molecule has 2 aliphatic rings. The number of morpholine rings is 1. The second-order valence-corrected chi connectivity index (χ2v) is 8.38. The third kappa shape index (κ3) is 4.25. The number of carbonyl (C=O) groups is 1. The Balaban J connectivity index is 1.55. The lowest BCUT2D eigenvalue weighted by Crippen LogP contribution is -2.48. The van der Waals surface area contributed by atoms with E-state index in [1.165, 1.54) is 12.1 Å². The Morgan fingerprint density at radius 3 is 2.68 bits per heavy atom. The number of benzene rings is 3. The number of nitrogens with zero attached hydrogens (tertiary/aromatic N) is 2. The number of rotatable bonds is 3. The number of hydrazine groups is 1. The van der Waals surface area contributed by atoms with Gasteiger partial charge in [0.2, 0.25) is 0 Å². The number of halogens is 1. The Morgan fingerprint density at radius 2 is 1.84 bits per heavy atom. The smallest absolute Gasteiger partial charge is 0.265 e. The highest BCUT2D eigenvalue weighted by Gasteiger charge is 2.21. The molecule has 0 bridgehead atoms. The fraction of sp³-hybridized carbons (Fsp3) is 0.167. The minimum atomic E-state index is -0.312. The van der Waals surface area contributed by atoms with E-state index in [1.54, 1.807) is 23.9 Å². The van der Waals surface area contributed by atoms with Gasteiger partial charge in [0.15, 0.2) is 0 Å². The van der Waals surface area contributed by atoms with E-state index < -0.39 is 0 Å². The van der Waals surface area contributed by atoms with E-state index in [4.69, 9.17) is 9.73 Å². The molecule has 1 N–H and O–H groups in total. The van der Waals surface area contributed by atoms with E-state index in [0.29, 0.717) is 48.8 Å². The third-order valence-corrected chi connectivity index (χ3v) is 6.33. The van der Waals surface area contributed by atoms with Crippen LogP contribution in [0.25, 0.3) is 0 Å². The van der Waals surface area contributed by atoms with Crippen molar-refractivity contribution in [2.24, 2.45) is 4.99 Å². The Morgan fingerprint density at radius 1 is 1.00 bits per heavy atom. The maximum atomic E-state index is 14.0. The largest absolute Gasteiger partial charge is 0.379 e. The van der Waals surface area contributed by atoms with E-state index in [9.17, 15) is 9.18 Å². The van der Waals surface area contributed by atoms with Crippen molar-refractivity contribution in [2.75, 3.05) is 26.3 Å². The summed E-state index contributed by atoms with van der Waals surface area (Å²) in [6.07, 6.45) is 0. The average molecular weight is 434 g/mol. The molecule has 2 heterocycles. The number of hydrogen-bond acceptors (Lipinski definition) is 5. The molecule has 31 heavy (non-hydrogen) atoms. The van der Waals surface area contributed by atoms with E-state index in [-0.39, 0.29) is 11.7 Å². The molecule has 156 valence electrons. The fourth-order valence-electron chi connectivity index (χ4n) is 3.62. The predicted molar refractivity (Wildman–Crippen MR) is 119 cm³/mol. The van der Waals surface area contributed by atoms with E-state index >= 15 is 0 Å². The number of hydrogen-bond donors (Lipinski definition) is 1. The lowest BCUT2D eigenvalue weighted by atomic mass is 10.0. The predicted octanol–water partition coefficient (Wildman–Crippen LogP) is 4.44. The molecule has 0 radical (unpaired) electrons. The lowest BCUT2D eigenvalue weighted by molar-refractivity contribution is 0.0126. The minimum absolute atomic E-state index is 0.182. The third-order valence-electron chi connectivity index (χ3n) is 5.18. The molecule has 0 spiro atoms. The summed E-state index contributed by atoms with van der Waals surface area (Å²) in [6, 6.07) is 19.9. The van der Waals surface area contributed by atoms with E-state index in [0.717, 1.165) is 15.4 Å². The van der Waals surface area contributed by atoms with Gasteiger partial charge in [0, 0.05) is 39.6 Å². The Labute approximate surface area is 183 Å². The van der Waals surface area contributed by atoms with Crippen LogP contribution in [-0.2, 0) is 4.74 Å². The first kappa shape index (κ1) is 19.9. The number of ether oxygens (including phenoxy) is 1. The van der Waals surface area contributed by atoms with Crippen LogP contribution in [0.15, 0.2) is 81.5 Å². The van der Waals surface area contributed by atoms with Crippen molar-refractivity contribution in [2.45, 2.75) is 9.79 Å². The Kier molecular flexibility index (Phi) is 5.55. The average Bonchev–Trinajstić information content (AvgIpc) is 2.96. The van der Waals surface area contributed by atoms with Gasteiger partial charge in [-0.05, 0) is 36.4 Å². The van der Waals surface area contributed by atoms with Gasteiger partial charge >= 0.3 is 0 Å². The first-order chi connectivity index (χ1) is 15.2. The molecule has 0 saturated carbocycles. The zero-order chi connectivity index (χ0) is 21.2. The summed E-state index contributed by atoms with van der Waals surface area (Å²) >= 11 is 1.60. The van der Waals surface area contributed by atoms with Crippen LogP contribution in [0.4, 0.5) is 10.1 Å². The van der Waals surface area contributed by atoms with Gasteiger partial charge in [0.25, 0.3) is 5.91 Å². The van der Waals surface area contributed by atoms with Crippen molar-refractivity contribution in [3.05, 3.63) is 89.2 Å². The Bertz CT molecular complexity index is 1170. The molecule has 1 amide bonds. The van der Waals surface area contributed by atoms with Crippen LogP contribution in [-0.4, -0.2) is 42.9 Å². The molecule has 0 aromatic heterocycles. The van der Waals surface area contributed by atoms with Crippen molar-refractivity contribution in [3.8, 4) is 0 Å². The minimum Gasteiger partial charge on any atom is -0.379 e. The van der Waals surface area contributed by atoms with Crippen LogP contribution in [0.5, 0.6) is 0 Å². The molecular weight excluding hydrogens is 413 g/mol. The standard InChI is InChI=1S/C24H20FN3O2S/c25-18-5-3-4-16(14-18)23-19-6-1-2-7-21(19)31-22-9-8-17(15-20(22)26-23)24(29)27-28-10-12-30-13-11-28/h1-9,14-15H,10-13H2,(H,27,29). The molecule has 2 aliphatic heterocycles. The van der Waals surface area contributed by atoms with Crippen LogP contribution in [0.3, 0.4) is 0 Å². The molecule has 0 aliphatic carbocycles. The quantitative estimate of drug-likeness (QED) is 0.519. The van der Waals surface area contributed by atoms with Crippen LogP contribution in [0.2, 0.25) is 0 Å². The molecule has 7 heteroatoms. The second kappa shape index (κ2) is 8.63. The van der Waals surface area contributed by atoms with Crippen molar-refractivity contribution >= 4 is 29.1 Å². The number of amides is 1. The van der Waals surface area contributed by atoms with Crippen LogP contribution >= 0.6 is 11.8 Å². The normalized spacial score (nSPS) is 16.0. The van der Waals surface area contributed by atoms with Gasteiger partial charge in [0.05, 0.1) is 24.6 Å². The van der Waals surface area contributed by atoms with Crippen LogP contribution in [0, 0.1) is 5.82 Å². The molecule has 1 fully saturated rings. The van der Waals surface area contributed by atoms with Crippen molar-refractivity contribution in [1.29, 1.82) is 0 Å². The molecule has 3 aromatic rings. The number of aliphatic imine (C=N–C) groups is 1. The van der Waals surface area contributed by atoms with Crippen LogP contribution < -0.4 is 5.43 Å². The van der Waals surface area contributed by atoms with Gasteiger partial charge in [-0.1, -0.05) is 42.1 Å². The summed E-state index contributed by atoms with van der Waals surface area (Å²) in [5.74, 6) is -0.493. The summed E-state index contributed by atoms with van der Waals surface area (Å²) in [6.45, 7) is 2.51. The molecule has 3 aromatic carbocycles. The second-order valence-electron chi connectivity index (χ2n) is 7.29. The number of carbonyl (C=O) groups excluding carboxylic acids is 1. The summed E-state index contributed by atoms with van der Waals surface area (Å²) in [7, 11) is 0. The number of fused-ring (bicyclic) bond motifs is 2. The summed E-state index contributed by atoms with van der Waals surface area (Å²) < 4.78 is 19.3. The highest BCUT2D eigenvalue weighted by molar-refractivity contribution is 7.99. The highest BCUT2D eigenvalue weighted by Crippen LogP contribution is 2.41.